The summed E-state index contributed by atoms with van der Waals surface area (Å²) in [6, 6.07) is 16.4. The number of hydrazine groups is 1. The highest BCUT2D eigenvalue weighted by Gasteiger charge is 2.48. The van der Waals surface area contributed by atoms with Crippen LogP contribution in [0.3, 0.4) is 0 Å². The minimum absolute atomic E-state index is 0.0282. The van der Waals surface area contributed by atoms with Crippen molar-refractivity contribution in [1.82, 2.24) is 20.7 Å². The van der Waals surface area contributed by atoms with Crippen LogP contribution in [0.1, 0.15) is 24.5 Å². The van der Waals surface area contributed by atoms with Crippen LogP contribution in [-0.2, 0) is 22.6 Å². The molecule has 1 heterocycles. The first-order valence-electron chi connectivity index (χ1n) is 9.70. The van der Waals surface area contributed by atoms with Crippen molar-refractivity contribution in [3.05, 3.63) is 70.7 Å². The highest BCUT2D eigenvalue weighted by atomic mass is 35.5. The number of aryl methyl sites for hydroxylation is 1. The van der Waals surface area contributed by atoms with E-state index in [0.29, 0.717) is 24.4 Å². The summed E-state index contributed by atoms with van der Waals surface area (Å²) in [5.74, 6) is -0.903. The molecule has 2 aromatic rings. The largest absolute Gasteiger partial charge is 0.344 e. The molecular weight excluding hydrogens is 404 g/mol. The zero-order valence-corrected chi connectivity index (χ0v) is 17.8. The van der Waals surface area contributed by atoms with Crippen molar-refractivity contribution in [2.75, 3.05) is 13.6 Å². The Bertz CT molecular complexity index is 920. The van der Waals surface area contributed by atoms with E-state index in [9.17, 15) is 14.4 Å². The number of halogens is 1. The number of rotatable bonds is 8. The molecule has 1 unspecified atom stereocenters. The van der Waals surface area contributed by atoms with Gasteiger partial charge < -0.3 is 5.32 Å². The maximum Gasteiger partial charge on any atom is 0.344 e. The molecule has 30 heavy (non-hydrogen) atoms. The lowest BCUT2D eigenvalue weighted by Gasteiger charge is -2.22. The molecule has 3 rings (SSSR count). The van der Waals surface area contributed by atoms with Crippen LogP contribution in [0.5, 0.6) is 0 Å². The summed E-state index contributed by atoms with van der Waals surface area (Å²) in [7, 11) is 1.78. The minimum atomic E-state index is -1.06. The third-order valence-corrected chi connectivity index (χ3v) is 5.29. The van der Waals surface area contributed by atoms with E-state index in [1.54, 1.807) is 31.0 Å². The Morgan fingerprint density at radius 2 is 1.77 bits per heavy atom. The van der Waals surface area contributed by atoms with E-state index >= 15 is 0 Å². The van der Waals surface area contributed by atoms with Crippen molar-refractivity contribution in [2.45, 2.75) is 31.8 Å². The Balaban J connectivity index is 1.53. The Hall–Kier alpha value is -2.90. The van der Waals surface area contributed by atoms with Gasteiger partial charge in [-0.2, -0.15) is 5.01 Å². The molecule has 0 spiro atoms. The van der Waals surface area contributed by atoms with Gasteiger partial charge in [-0.05, 0) is 50.1 Å². The SMILES string of the molecule is CN(CC(=O)NN1C(=O)NC(C)(CCc2ccccc2)C1=O)Cc1ccc(Cl)cc1. The molecule has 158 valence electrons. The lowest BCUT2D eigenvalue weighted by atomic mass is 9.93. The molecule has 2 N–H and O–H groups in total. The topological polar surface area (TPSA) is 81.8 Å². The predicted molar refractivity (Wildman–Crippen MR) is 114 cm³/mol. The van der Waals surface area contributed by atoms with Crippen LogP contribution in [0.25, 0.3) is 0 Å². The number of hydrogen-bond acceptors (Lipinski definition) is 4. The van der Waals surface area contributed by atoms with E-state index in [1.165, 1.54) is 0 Å². The molecule has 1 atom stereocenters. The fourth-order valence-electron chi connectivity index (χ4n) is 3.36. The maximum atomic E-state index is 12.8. The number of likely N-dealkylation sites (N-methyl/N-ethyl adjacent to an activating group) is 1. The van der Waals surface area contributed by atoms with E-state index < -0.39 is 23.4 Å². The van der Waals surface area contributed by atoms with Crippen molar-refractivity contribution in [1.29, 1.82) is 0 Å². The predicted octanol–water partition coefficient (Wildman–Crippen LogP) is 2.75. The van der Waals surface area contributed by atoms with Crippen LogP contribution in [0.2, 0.25) is 5.02 Å². The zero-order valence-electron chi connectivity index (χ0n) is 17.0. The molecule has 8 heteroatoms. The van der Waals surface area contributed by atoms with Crippen LogP contribution in [0.15, 0.2) is 54.6 Å². The second-order valence-corrected chi connectivity index (χ2v) is 8.16. The van der Waals surface area contributed by atoms with Gasteiger partial charge in [0.05, 0.1) is 6.54 Å². The Kier molecular flexibility index (Phi) is 6.74. The number of carbonyl (C=O) groups is 3. The molecule has 0 aromatic heterocycles. The van der Waals surface area contributed by atoms with Gasteiger partial charge in [0.25, 0.3) is 11.8 Å². The van der Waals surface area contributed by atoms with Gasteiger partial charge in [-0.25, -0.2) is 4.79 Å². The number of amides is 4. The number of urea groups is 1. The molecule has 1 aliphatic rings. The number of hydrogen-bond donors (Lipinski definition) is 2. The van der Waals surface area contributed by atoms with Crippen LogP contribution in [-0.4, -0.2) is 46.9 Å². The van der Waals surface area contributed by atoms with Gasteiger partial charge >= 0.3 is 6.03 Å². The van der Waals surface area contributed by atoms with Crippen LogP contribution >= 0.6 is 11.6 Å². The molecule has 0 radical (unpaired) electrons. The molecule has 1 aliphatic heterocycles. The van der Waals surface area contributed by atoms with Crippen LogP contribution < -0.4 is 10.7 Å². The second kappa shape index (κ2) is 9.28. The molecular formula is C22H25ClN4O3. The maximum absolute atomic E-state index is 12.8. The zero-order chi connectivity index (χ0) is 21.7. The lowest BCUT2D eigenvalue weighted by molar-refractivity contribution is -0.139. The van der Waals surface area contributed by atoms with Crippen molar-refractivity contribution in [2.24, 2.45) is 0 Å². The third kappa shape index (κ3) is 5.37. The molecule has 2 aromatic carbocycles. The van der Waals surface area contributed by atoms with Crippen LogP contribution in [0, 0.1) is 0 Å². The number of nitrogens with zero attached hydrogens (tertiary/aromatic N) is 2. The van der Waals surface area contributed by atoms with Gasteiger partial charge in [-0.15, -0.1) is 0 Å². The third-order valence-electron chi connectivity index (χ3n) is 5.03. The number of benzene rings is 2. The van der Waals surface area contributed by atoms with Crippen molar-refractivity contribution in [3.63, 3.8) is 0 Å². The van der Waals surface area contributed by atoms with Gasteiger partial charge in [-0.1, -0.05) is 54.1 Å². The first kappa shape index (κ1) is 21.8. The first-order valence-corrected chi connectivity index (χ1v) is 10.1. The molecule has 4 amide bonds. The summed E-state index contributed by atoms with van der Waals surface area (Å²) >= 11 is 5.88. The van der Waals surface area contributed by atoms with Crippen LogP contribution in [0.4, 0.5) is 4.79 Å². The molecule has 1 saturated heterocycles. The second-order valence-electron chi connectivity index (χ2n) is 7.72. The molecule has 0 aliphatic carbocycles. The van der Waals surface area contributed by atoms with Crippen molar-refractivity contribution < 1.29 is 14.4 Å². The Morgan fingerprint density at radius 1 is 1.10 bits per heavy atom. The van der Waals surface area contributed by atoms with Crippen molar-refractivity contribution in [3.8, 4) is 0 Å². The summed E-state index contributed by atoms with van der Waals surface area (Å²) in [4.78, 5) is 39.3. The van der Waals surface area contributed by atoms with E-state index in [-0.39, 0.29) is 6.54 Å². The quantitative estimate of drug-likeness (QED) is 0.633. The van der Waals surface area contributed by atoms with Gasteiger partial charge in [0, 0.05) is 11.6 Å². The number of nitrogens with one attached hydrogen (secondary N) is 2. The van der Waals surface area contributed by atoms with E-state index in [0.717, 1.165) is 16.1 Å². The molecule has 1 fully saturated rings. The van der Waals surface area contributed by atoms with Gasteiger partial charge in [-0.3, -0.25) is 19.9 Å². The highest BCUT2D eigenvalue weighted by molar-refractivity contribution is 6.30. The van der Waals surface area contributed by atoms with Crippen molar-refractivity contribution >= 4 is 29.4 Å². The lowest BCUT2D eigenvalue weighted by Crippen LogP contribution is -2.51. The summed E-state index contributed by atoms with van der Waals surface area (Å²) in [6.45, 7) is 2.23. The van der Waals surface area contributed by atoms with Gasteiger partial charge in [0.2, 0.25) is 0 Å². The van der Waals surface area contributed by atoms with E-state index in [2.05, 4.69) is 10.7 Å². The molecule has 0 bridgehead atoms. The normalized spacial score (nSPS) is 18.6. The Labute approximate surface area is 181 Å². The first-order chi connectivity index (χ1) is 14.3. The van der Waals surface area contributed by atoms with E-state index in [1.807, 2.05) is 42.5 Å². The van der Waals surface area contributed by atoms with Gasteiger partial charge in [0.1, 0.15) is 5.54 Å². The highest BCUT2D eigenvalue weighted by Crippen LogP contribution is 2.22. The number of imide groups is 1. The summed E-state index contributed by atoms with van der Waals surface area (Å²) in [5.41, 5.74) is 3.44. The number of carbonyl (C=O) groups excluding carboxylic acids is 3. The fraction of sp³-hybridized carbons (Fsp3) is 0.318. The minimum Gasteiger partial charge on any atom is -0.322 e. The summed E-state index contributed by atoms with van der Waals surface area (Å²) < 4.78 is 0. The van der Waals surface area contributed by atoms with Gasteiger partial charge in [0.15, 0.2) is 0 Å². The monoisotopic (exact) mass is 428 g/mol. The summed E-state index contributed by atoms with van der Waals surface area (Å²) in [6.07, 6.45) is 1.07. The average Bonchev–Trinajstić information content (AvgIpc) is 2.92. The standard InChI is InChI=1S/C22H25ClN4O3/c1-22(13-12-16-6-4-3-5-7-16)20(29)27(21(30)24-22)25-19(28)15-26(2)14-17-8-10-18(23)11-9-17/h3-11H,12-15H2,1-2H3,(H,24,30)(H,25,28). The Morgan fingerprint density at radius 3 is 2.43 bits per heavy atom. The molecule has 7 nitrogen and oxygen atoms in total. The molecule has 0 saturated carbocycles. The average molecular weight is 429 g/mol. The summed E-state index contributed by atoms with van der Waals surface area (Å²) in [5, 5.41) is 4.13. The van der Waals surface area contributed by atoms with E-state index in [4.69, 9.17) is 11.6 Å². The smallest absolute Gasteiger partial charge is 0.322 e. The fourth-order valence-corrected chi connectivity index (χ4v) is 3.48.